The molecule has 1 amide bonds. The third-order valence-corrected chi connectivity index (χ3v) is 8.47. The second-order valence-electron chi connectivity index (χ2n) is 8.95. The van der Waals surface area contributed by atoms with E-state index in [2.05, 4.69) is 21.1 Å². The van der Waals surface area contributed by atoms with Crippen LogP contribution in [0, 0.1) is 11.3 Å². The first kappa shape index (κ1) is 20.0. The molecule has 158 valence electrons. The Morgan fingerprint density at radius 1 is 1.17 bits per heavy atom. The lowest BCUT2D eigenvalue weighted by Crippen LogP contribution is -2.70. The van der Waals surface area contributed by atoms with Gasteiger partial charge in [0.05, 0.1) is 28.2 Å². The molecule has 3 heterocycles. The number of hydrogen-bond acceptors (Lipinski definition) is 6. The van der Waals surface area contributed by atoms with E-state index >= 15 is 0 Å². The van der Waals surface area contributed by atoms with Crippen molar-refractivity contribution in [2.45, 2.75) is 50.2 Å². The van der Waals surface area contributed by atoms with Crippen molar-refractivity contribution < 1.29 is 4.79 Å². The minimum absolute atomic E-state index is 0.0953. The topological polar surface area (TPSA) is 85.7 Å². The Kier molecular flexibility index (Phi) is 5.06. The third kappa shape index (κ3) is 3.10. The van der Waals surface area contributed by atoms with Gasteiger partial charge in [-0.3, -0.25) is 15.0 Å². The van der Waals surface area contributed by atoms with Crippen molar-refractivity contribution >= 4 is 29.1 Å². The highest BCUT2D eigenvalue weighted by atomic mass is 35.5. The second-order valence-corrected chi connectivity index (χ2v) is 9.73. The van der Waals surface area contributed by atoms with Crippen LogP contribution in [0.2, 0.25) is 10.0 Å². The molecule has 1 spiro atoms. The molecule has 0 bridgehead atoms. The number of carbonyl (C=O) groups is 1. The van der Waals surface area contributed by atoms with E-state index in [9.17, 15) is 4.79 Å². The summed E-state index contributed by atoms with van der Waals surface area (Å²) in [6.45, 7) is 1.91. The van der Waals surface area contributed by atoms with Gasteiger partial charge in [0.15, 0.2) is 0 Å². The zero-order valence-electron chi connectivity index (χ0n) is 16.5. The summed E-state index contributed by atoms with van der Waals surface area (Å²) < 4.78 is 0. The summed E-state index contributed by atoms with van der Waals surface area (Å²) in [5.41, 5.74) is 14.0. The molecule has 7 nitrogen and oxygen atoms in total. The number of piperidine rings is 1. The van der Waals surface area contributed by atoms with Crippen molar-refractivity contribution in [1.29, 1.82) is 0 Å². The molecule has 3 saturated heterocycles. The molecular weight excluding hydrogens is 411 g/mol. The number of amides is 1. The Labute approximate surface area is 181 Å². The molecular formula is C20H28Cl2N6O. The van der Waals surface area contributed by atoms with Crippen LogP contribution in [0.3, 0.4) is 0 Å². The van der Waals surface area contributed by atoms with Crippen LogP contribution in [0.1, 0.15) is 37.3 Å². The summed E-state index contributed by atoms with van der Waals surface area (Å²) in [4.78, 5) is 17.6. The number of rotatable bonds is 2. The Bertz CT molecular complexity index is 814. The molecule has 1 saturated carbocycles. The minimum Gasteiger partial charge on any atom is -0.327 e. The Morgan fingerprint density at radius 2 is 1.93 bits per heavy atom. The number of hydrazine groups is 1. The fraction of sp³-hybridized carbons (Fsp3) is 0.650. The summed E-state index contributed by atoms with van der Waals surface area (Å²) in [7, 11) is 1.88. The average molecular weight is 439 g/mol. The van der Waals surface area contributed by atoms with E-state index in [1.54, 1.807) is 6.07 Å². The molecule has 4 fully saturated rings. The van der Waals surface area contributed by atoms with Gasteiger partial charge >= 0.3 is 0 Å². The van der Waals surface area contributed by atoms with E-state index in [1.165, 1.54) is 6.42 Å². The van der Waals surface area contributed by atoms with Gasteiger partial charge in [0, 0.05) is 26.2 Å². The maximum absolute atomic E-state index is 13.4. The zero-order chi connectivity index (χ0) is 20.3. The standard InChI is InChI=1S/C20H28Cl2N6O/c1-27-18(29)14-16(11-3-2-4-12(21)15(11)22)25-26-17(14)24-19(27)28-9-7-20(8-10-28)6-5-13(20)23/h2-4,13-14,16-17,19,24-26H,5-10,23H2,1H3/t13-,14?,16?,17?,19?/m0/s1. The summed E-state index contributed by atoms with van der Waals surface area (Å²) in [5, 5.41) is 4.61. The van der Waals surface area contributed by atoms with Crippen molar-refractivity contribution in [3.05, 3.63) is 33.8 Å². The second kappa shape index (κ2) is 7.34. The maximum atomic E-state index is 13.4. The van der Waals surface area contributed by atoms with Crippen LogP contribution >= 0.6 is 23.2 Å². The van der Waals surface area contributed by atoms with E-state index in [4.69, 9.17) is 28.9 Å². The Hall–Kier alpha value is -0.930. The van der Waals surface area contributed by atoms with Crippen molar-refractivity contribution in [2.75, 3.05) is 20.1 Å². The number of nitrogens with zero attached hydrogens (tertiary/aromatic N) is 2. The SMILES string of the molecule is CN1C(=O)C2C(NNC2c2cccc(Cl)c2Cl)NC1N1CCC2(CC[C@@H]2N)CC1. The number of nitrogens with one attached hydrogen (secondary N) is 3. The van der Waals surface area contributed by atoms with Gasteiger partial charge in [-0.2, -0.15) is 0 Å². The van der Waals surface area contributed by atoms with Gasteiger partial charge in [0.2, 0.25) is 5.91 Å². The molecule has 5 atom stereocenters. The van der Waals surface area contributed by atoms with Crippen molar-refractivity contribution in [2.24, 2.45) is 17.1 Å². The maximum Gasteiger partial charge on any atom is 0.232 e. The highest BCUT2D eigenvalue weighted by molar-refractivity contribution is 6.42. The lowest BCUT2D eigenvalue weighted by Gasteiger charge is -2.55. The first-order chi connectivity index (χ1) is 13.9. The molecule has 0 radical (unpaired) electrons. The third-order valence-electron chi connectivity index (χ3n) is 7.64. The number of carbonyl (C=O) groups excluding carboxylic acids is 1. The summed E-state index contributed by atoms with van der Waals surface area (Å²) in [5.74, 6) is -0.207. The first-order valence-electron chi connectivity index (χ1n) is 10.4. The van der Waals surface area contributed by atoms with Gasteiger partial charge < -0.3 is 10.6 Å². The predicted octanol–water partition coefficient (Wildman–Crippen LogP) is 1.63. The van der Waals surface area contributed by atoms with E-state index in [0.29, 0.717) is 21.5 Å². The molecule has 3 aliphatic heterocycles. The zero-order valence-corrected chi connectivity index (χ0v) is 18.0. The minimum atomic E-state index is -0.302. The van der Waals surface area contributed by atoms with Crippen molar-refractivity contribution in [3.63, 3.8) is 0 Å². The average Bonchev–Trinajstić information content (AvgIpc) is 3.15. The number of fused-ring (bicyclic) bond motifs is 1. The van der Waals surface area contributed by atoms with Gasteiger partial charge in [0.25, 0.3) is 0 Å². The normalized spacial score (nSPS) is 36.9. The van der Waals surface area contributed by atoms with E-state index in [-0.39, 0.29) is 30.3 Å². The monoisotopic (exact) mass is 438 g/mol. The van der Waals surface area contributed by atoms with Crippen LogP contribution in [0.15, 0.2) is 18.2 Å². The van der Waals surface area contributed by atoms with Crippen LogP contribution in [0.4, 0.5) is 0 Å². The summed E-state index contributed by atoms with van der Waals surface area (Å²) >= 11 is 12.6. The molecule has 1 aromatic rings. The predicted molar refractivity (Wildman–Crippen MR) is 113 cm³/mol. The molecule has 1 aromatic carbocycles. The van der Waals surface area contributed by atoms with E-state index in [0.717, 1.165) is 37.9 Å². The lowest BCUT2D eigenvalue weighted by molar-refractivity contribution is -0.152. The van der Waals surface area contributed by atoms with Crippen molar-refractivity contribution in [3.8, 4) is 0 Å². The fourth-order valence-electron chi connectivity index (χ4n) is 5.55. The molecule has 5 rings (SSSR count). The van der Waals surface area contributed by atoms with Gasteiger partial charge in [-0.25, -0.2) is 10.9 Å². The first-order valence-corrected chi connectivity index (χ1v) is 11.1. The molecule has 5 N–H and O–H groups in total. The molecule has 29 heavy (non-hydrogen) atoms. The quantitative estimate of drug-likeness (QED) is 0.561. The van der Waals surface area contributed by atoms with E-state index in [1.807, 2.05) is 24.1 Å². The number of nitrogens with two attached hydrogens (primary N) is 1. The Morgan fingerprint density at radius 3 is 2.59 bits per heavy atom. The molecule has 4 unspecified atom stereocenters. The number of hydrogen-bond donors (Lipinski definition) is 4. The van der Waals surface area contributed by atoms with E-state index < -0.39 is 0 Å². The van der Waals surface area contributed by atoms with Gasteiger partial charge in [-0.05, 0) is 42.7 Å². The van der Waals surface area contributed by atoms with Crippen LogP contribution in [-0.2, 0) is 4.79 Å². The number of halogens is 2. The molecule has 4 aliphatic rings. The smallest absolute Gasteiger partial charge is 0.232 e. The fourth-order valence-corrected chi connectivity index (χ4v) is 5.97. The van der Waals surface area contributed by atoms with Crippen LogP contribution in [0.25, 0.3) is 0 Å². The highest BCUT2D eigenvalue weighted by Gasteiger charge is 2.52. The van der Waals surface area contributed by atoms with Gasteiger partial charge in [0.1, 0.15) is 6.29 Å². The molecule has 9 heteroatoms. The van der Waals surface area contributed by atoms with Crippen LogP contribution in [-0.4, -0.2) is 54.3 Å². The van der Waals surface area contributed by atoms with Gasteiger partial charge in [-0.1, -0.05) is 35.3 Å². The summed E-state index contributed by atoms with van der Waals surface area (Å²) in [6, 6.07) is 5.64. The highest BCUT2D eigenvalue weighted by Crippen LogP contribution is 2.48. The number of benzene rings is 1. The van der Waals surface area contributed by atoms with Crippen LogP contribution < -0.4 is 21.9 Å². The lowest BCUT2D eigenvalue weighted by atomic mass is 9.60. The van der Waals surface area contributed by atoms with Crippen LogP contribution in [0.5, 0.6) is 0 Å². The Balaban J connectivity index is 1.32. The molecule has 1 aliphatic carbocycles. The number of likely N-dealkylation sites (tertiary alicyclic amines) is 1. The largest absolute Gasteiger partial charge is 0.327 e. The van der Waals surface area contributed by atoms with Gasteiger partial charge in [-0.15, -0.1) is 0 Å². The molecule has 0 aromatic heterocycles. The summed E-state index contributed by atoms with van der Waals surface area (Å²) in [6.07, 6.45) is 4.30. The van der Waals surface area contributed by atoms with Crippen molar-refractivity contribution in [1.82, 2.24) is 26.0 Å².